The lowest BCUT2D eigenvalue weighted by atomic mass is 10.1. The quantitative estimate of drug-likeness (QED) is 0.831. The van der Waals surface area contributed by atoms with E-state index in [1.165, 1.54) is 19.3 Å². The van der Waals surface area contributed by atoms with Crippen molar-refractivity contribution in [2.75, 3.05) is 29.0 Å². The molecule has 6 nitrogen and oxygen atoms in total. The summed E-state index contributed by atoms with van der Waals surface area (Å²) >= 11 is 0. The zero-order valence-electron chi connectivity index (χ0n) is 11.4. The van der Waals surface area contributed by atoms with E-state index in [9.17, 15) is 0 Å². The van der Waals surface area contributed by atoms with E-state index in [1.54, 1.807) is 0 Å². The fourth-order valence-corrected chi connectivity index (χ4v) is 2.01. The van der Waals surface area contributed by atoms with E-state index < -0.39 is 0 Å². The van der Waals surface area contributed by atoms with Gasteiger partial charge in [-0.1, -0.05) is 0 Å². The fourth-order valence-electron chi connectivity index (χ4n) is 2.01. The van der Waals surface area contributed by atoms with Crippen LogP contribution in [0.4, 0.5) is 17.8 Å². The Balaban J connectivity index is 2.20. The average molecular weight is 250 g/mol. The standard InChI is InChI=1S/C12H22N6/c1-12(2,3)17-10-14-9(13)15-11(16-10)18-7-5-4-6-8-18/h4-8H2,1-3H3,(H3,13,14,15,16,17). The maximum absolute atomic E-state index is 5.76. The molecule has 100 valence electrons. The van der Waals surface area contributed by atoms with Crippen LogP contribution in [0.25, 0.3) is 0 Å². The minimum Gasteiger partial charge on any atom is -0.368 e. The number of nitrogens with zero attached hydrogens (tertiary/aromatic N) is 4. The predicted octanol–water partition coefficient (Wildman–Crippen LogP) is 1.65. The molecule has 3 N–H and O–H groups in total. The first-order valence-electron chi connectivity index (χ1n) is 6.49. The summed E-state index contributed by atoms with van der Waals surface area (Å²) in [7, 11) is 0. The number of nitrogens with two attached hydrogens (primary N) is 1. The van der Waals surface area contributed by atoms with E-state index in [0.717, 1.165) is 13.1 Å². The largest absolute Gasteiger partial charge is 0.368 e. The molecule has 18 heavy (non-hydrogen) atoms. The maximum Gasteiger partial charge on any atom is 0.231 e. The molecule has 1 aliphatic heterocycles. The highest BCUT2D eigenvalue weighted by atomic mass is 15.3. The second kappa shape index (κ2) is 4.96. The summed E-state index contributed by atoms with van der Waals surface area (Å²) in [6, 6.07) is 0. The van der Waals surface area contributed by atoms with Gasteiger partial charge in [0.1, 0.15) is 0 Å². The molecule has 1 saturated heterocycles. The van der Waals surface area contributed by atoms with E-state index in [1.807, 2.05) is 0 Å². The molecule has 0 radical (unpaired) electrons. The van der Waals surface area contributed by atoms with Crippen LogP contribution in [0.2, 0.25) is 0 Å². The maximum atomic E-state index is 5.76. The van der Waals surface area contributed by atoms with Crippen LogP contribution in [0.3, 0.4) is 0 Å². The van der Waals surface area contributed by atoms with Gasteiger partial charge < -0.3 is 16.0 Å². The van der Waals surface area contributed by atoms with Gasteiger partial charge in [-0.2, -0.15) is 15.0 Å². The molecule has 0 unspecified atom stereocenters. The van der Waals surface area contributed by atoms with E-state index in [-0.39, 0.29) is 11.5 Å². The van der Waals surface area contributed by atoms with E-state index in [0.29, 0.717) is 11.9 Å². The van der Waals surface area contributed by atoms with Gasteiger partial charge in [0, 0.05) is 18.6 Å². The first-order valence-corrected chi connectivity index (χ1v) is 6.49. The minimum atomic E-state index is -0.0903. The third kappa shape index (κ3) is 3.45. The second-order valence-corrected chi connectivity index (χ2v) is 5.74. The van der Waals surface area contributed by atoms with Crippen LogP contribution < -0.4 is 16.0 Å². The van der Waals surface area contributed by atoms with Crippen molar-refractivity contribution in [3.63, 3.8) is 0 Å². The summed E-state index contributed by atoms with van der Waals surface area (Å²) in [6.07, 6.45) is 3.66. The molecule has 1 fully saturated rings. The molecule has 0 spiro atoms. The van der Waals surface area contributed by atoms with Gasteiger partial charge in [-0.05, 0) is 40.0 Å². The van der Waals surface area contributed by atoms with E-state index in [2.05, 4.69) is 45.9 Å². The summed E-state index contributed by atoms with van der Waals surface area (Å²) < 4.78 is 0. The highest BCUT2D eigenvalue weighted by Gasteiger charge is 2.17. The van der Waals surface area contributed by atoms with Gasteiger partial charge in [0.05, 0.1) is 0 Å². The van der Waals surface area contributed by atoms with Crippen LogP contribution in [0.1, 0.15) is 40.0 Å². The van der Waals surface area contributed by atoms with Crippen molar-refractivity contribution in [3.05, 3.63) is 0 Å². The van der Waals surface area contributed by atoms with Crippen LogP contribution >= 0.6 is 0 Å². The lowest BCUT2D eigenvalue weighted by Gasteiger charge is -2.27. The van der Waals surface area contributed by atoms with Crippen molar-refractivity contribution in [1.82, 2.24) is 15.0 Å². The van der Waals surface area contributed by atoms with Gasteiger partial charge in [-0.3, -0.25) is 0 Å². The number of hydrogen-bond donors (Lipinski definition) is 2. The molecule has 0 saturated carbocycles. The number of piperidine rings is 1. The van der Waals surface area contributed by atoms with Gasteiger partial charge in [0.25, 0.3) is 0 Å². The molecule has 0 aromatic carbocycles. The minimum absolute atomic E-state index is 0.0903. The van der Waals surface area contributed by atoms with Crippen molar-refractivity contribution in [3.8, 4) is 0 Å². The smallest absolute Gasteiger partial charge is 0.231 e. The normalized spacial score (nSPS) is 16.7. The molecule has 1 aliphatic rings. The van der Waals surface area contributed by atoms with Crippen molar-refractivity contribution < 1.29 is 0 Å². The zero-order valence-corrected chi connectivity index (χ0v) is 11.4. The van der Waals surface area contributed by atoms with Gasteiger partial charge in [-0.25, -0.2) is 0 Å². The first kappa shape index (κ1) is 12.9. The number of aromatic nitrogens is 3. The molecule has 0 aliphatic carbocycles. The van der Waals surface area contributed by atoms with Gasteiger partial charge in [0.15, 0.2) is 0 Å². The monoisotopic (exact) mass is 250 g/mol. The highest BCUT2D eigenvalue weighted by Crippen LogP contribution is 2.19. The Kier molecular flexibility index (Phi) is 3.54. The zero-order chi connectivity index (χ0) is 13.2. The molecule has 2 heterocycles. The van der Waals surface area contributed by atoms with Crippen LogP contribution in [0.15, 0.2) is 0 Å². The third-order valence-electron chi connectivity index (χ3n) is 2.77. The Morgan fingerprint density at radius 2 is 1.72 bits per heavy atom. The number of anilines is 3. The second-order valence-electron chi connectivity index (χ2n) is 5.74. The Morgan fingerprint density at radius 1 is 1.06 bits per heavy atom. The first-order chi connectivity index (χ1) is 8.44. The number of hydrogen-bond acceptors (Lipinski definition) is 6. The number of nitrogens with one attached hydrogen (secondary N) is 1. The highest BCUT2D eigenvalue weighted by molar-refractivity contribution is 5.43. The molecule has 0 amide bonds. The predicted molar refractivity (Wildman–Crippen MR) is 73.7 cm³/mol. The average Bonchev–Trinajstić information content (AvgIpc) is 2.27. The number of rotatable bonds is 2. The number of nitrogen functional groups attached to an aromatic ring is 1. The van der Waals surface area contributed by atoms with Crippen molar-refractivity contribution >= 4 is 17.8 Å². The summed E-state index contributed by atoms with van der Waals surface area (Å²) in [5.41, 5.74) is 5.67. The Labute approximate surface area is 108 Å². The lowest BCUT2D eigenvalue weighted by Crippen LogP contribution is -2.33. The van der Waals surface area contributed by atoms with Crippen molar-refractivity contribution in [2.45, 2.75) is 45.6 Å². The lowest BCUT2D eigenvalue weighted by molar-refractivity contribution is 0.566. The molecule has 6 heteroatoms. The Bertz CT molecular complexity index is 406. The molecule has 1 aromatic heterocycles. The SMILES string of the molecule is CC(C)(C)Nc1nc(N)nc(N2CCCCC2)n1. The van der Waals surface area contributed by atoms with Crippen LogP contribution in [-0.4, -0.2) is 33.6 Å². The molecule has 0 atom stereocenters. The van der Waals surface area contributed by atoms with Gasteiger partial charge >= 0.3 is 0 Å². The summed E-state index contributed by atoms with van der Waals surface area (Å²) in [5.74, 6) is 1.52. The van der Waals surface area contributed by atoms with Gasteiger partial charge in [0.2, 0.25) is 17.8 Å². The molecule has 2 rings (SSSR count). The molecule has 0 bridgehead atoms. The van der Waals surface area contributed by atoms with Crippen molar-refractivity contribution in [2.24, 2.45) is 0 Å². The fraction of sp³-hybridized carbons (Fsp3) is 0.750. The summed E-state index contributed by atoms with van der Waals surface area (Å²) in [4.78, 5) is 15.0. The van der Waals surface area contributed by atoms with Crippen LogP contribution in [0.5, 0.6) is 0 Å². The summed E-state index contributed by atoms with van der Waals surface area (Å²) in [6.45, 7) is 8.19. The molecule has 1 aromatic rings. The topological polar surface area (TPSA) is 80.0 Å². The van der Waals surface area contributed by atoms with Crippen LogP contribution in [0, 0.1) is 0 Å². The van der Waals surface area contributed by atoms with Crippen LogP contribution in [-0.2, 0) is 0 Å². The Hall–Kier alpha value is -1.59. The Morgan fingerprint density at radius 3 is 2.33 bits per heavy atom. The molecular formula is C12H22N6. The summed E-state index contributed by atoms with van der Waals surface area (Å²) in [5, 5.41) is 3.23. The van der Waals surface area contributed by atoms with E-state index in [4.69, 9.17) is 5.73 Å². The third-order valence-corrected chi connectivity index (χ3v) is 2.77. The van der Waals surface area contributed by atoms with Gasteiger partial charge in [-0.15, -0.1) is 0 Å². The van der Waals surface area contributed by atoms with E-state index >= 15 is 0 Å². The van der Waals surface area contributed by atoms with Crippen molar-refractivity contribution in [1.29, 1.82) is 0 Å². The molecular weight excluding hydrogens is 228 g/mol.